The lowest BCUT2D eigenvalue weighted by Gasteiger charge is -2.18. The van der Waals surface area contributed by atoms with E-state index in [-0.39, 0.29) is 18.0 Å². The second-order valence-electron chi connectivity index (χ2n) is 4.71. The van der Waals surface area contributed by atoms with E-state index < -0.39 is 5.97 Å². The van der Waals surface area contributed by atoms with Gasteiger partial charge in [0.25, 0.3) is 0 Å². The van der Waals surface area contributed by atoms with Gasteiger partial charge in [0.1, 0.15) is 10.6 Å². The third kappa shape index (κ3) is 3.75. The minimum atomic E-state index is -1.06. The fraction of sp³-hybridized carbons (Fsp3) is 0.583. The van der Waals surface area contributed by atoms with E-state index in [4.69, 9.17) is 5.11 Å². The van der Waals surface area contributed by atoms with Crippen molar-refractivity contribution in [2.75, 3.05) is 38.0 Å². The molecule has 1 aliphatic rings. The number of carboxylic acid groups (broad SMARTS) is 1. The van der Waals surface area contributed by atoms with E-state index in [0.717, 1.165) is 44.1 Å². The molecule has 0 radical (unpaired) electrons. The van der Waals surface area contributed by atoms with E-state index in [1.807, 2.05) is 0 Å². The van der Waals surface area contributed by atoms with Crippen LogP contribution < -0.4 is 10.6 Å². The molecule has 1 amide bonds. The number of rotatable bonds is 4. The molecule has 8 heteroatoms. The van der Waals surface area contributed by atoms with Crippen molar-refractivity contribution in [3.05, 3.63) is 11.3 Å². The molecule has 3 N–H and O–H groups in total. The smallest absolute Gasteiger partial charge is 0.340 e. The number of aromatic nitrogens is 1. The van der Waals surface area contributed by atoms with Crippen LogP contribution in [0, 0.1) is 6.92 Å². The van der Waals surface area contributed by atoms with Crippen LogP contribution >= 0.6 is 11.5 Å². The molecule has 1 aromatic heterocycles. The molecule has 1 aromatic rings. The maximum Gasteiger partial charge on any atom is 0.340 e. The maximum absolute atomic E-state index is 12.0. The molecule has 0 saturated carbocycles. The lowest BCUT2D eigenvalue weighted by Crippen LogP contribution is -2.35. The van der Waals surface area contributed by atoms with Crippen molar-refractivity contribution in [1.29, 1.82) is 0 Å². The molecule has 110 valence electrons. The average molecular weight is 298 g/mol. The van der Waals surface area contributed by atoms with Gasteiger partial charge in [0.15, 0.2) is 0 Å². The summed E-state index contributed by atoms with van der Waals surface area (Å²) in [5.74, 6) is -1.26. The maximum atomic E-state index is 12.0. The van der Waals surface area contributed by atoms with Gasteiger partial charge in [-0.05, 0) is 38.0 Å². The summed E-state index contributed by atoms with van der Waals surface area (Å²) >= 11 is 1.01. The highest BCUT2D eigenvalue weighted by atomic mass is 32.1. The Morgan fingerprint density at radius 1 is 1.45 bits per heavy atom. The molecular formula is C12H18N4O3S. The number of anilines is 1. The highest BCUT2D eigenvalue weighted by Crippen LogP contribution is 2.24. The van der Waals surface area contributed by atoms with Gasteiger partial charge in [-0.1, -0.05) is 0 Å². The quantitative estimate of drug-likeness (QED) is 0.744. The predicted molar refractivity (Wildman–Crippen MR) is 76.4 cm³/mol. The van der Waals surface area contributed by atoms with E-state index in [2.05, 4.69) is 19.9 Å². The molecule has 2 rings (SSSR count). The van der Waals surface area contributed by atoms with Gasteiger partial charge in [-0.25, -0.2) is 4.79 Å². The van der Waals surface area contributed by atoms with E-state index in [0.29, 0.717) is 10.7 Å². The Morgan fingerprint density at radius 3 is 3.00 bits per heavy atom. The molecule has 1 saturated heterocycles. The highest BCUT2D eigenvalue weighted by Gasteiger charge is 2.20. The molecule has 1 aliphatic heterocycles. The van der Waals surface area contributed by atoms with Crippen molar-refractivity contribution in [1.82, 2.24) is 14.6 Å². The summed E-state index contributed by atoms with van der Waals surface area (Å²) in [4.78, 5) is 25.2. The Balaban J connectivity index is 1.95. The Morgan fingerprint density at radius 2 is 2.25 bits per heavy atom. The zero-order chi connectivity index (χ0) is 14.5. The Labute approximate surface area is 121 Å². The first kappa shape index (κ1) is 14.9. The number of carbonyl (C=O) groups excluding carboxylic acids is 1. The normalized spacial score (nSPS) is 16.6. The van der Waals surface area contributed by atoms with Gasteiger partial charge in [-0.3, -0.25) is 9.69 Å². The minimum absolute atomic E-state index is 0.0842. The third-order valence-electron chi connectivity index (χ3n) is 3.13. The van der Waals surface area contributed by atoms with Gasteiger partial charge in [0, 0.05) is 13.1 Å². The SMILES string of the molecule is Cc1nsc(NC(=O)CN2CCCNCC2)c1C(=O)O. The van der Waals surface area contributed by atoms with Gasteiger partial charge >= 0.3 is 5.97 Å². The van der Waals surface area contributed by atoms with Crippen LogP contribution in [-0.4, -0.2) is 59.0 Å². The summed E-state index contributed by atoms with van der Waals surface area (Å²) < 4.78 is 3.98. The van der Waals surface area contributed by atoms with Gasteiger partial charge in [-0.2, -0.15) is 4.37 Å². The number of nitrogens with zero attached hydrogens (tertiary/aromatic N) is 2. The van der Waals surface area contributed by atoms with Crippen LogP contribution in [0.25, 0.3) is 0 Å². The van der Waals surface area contributed by atoms with Crippen molar-refractivity contribution >= 4 is 28.4 Å². The molecule has 0 aliphatic carbocycles. The summed E-state index contributed by atoms with van der Waals surface area (Å²) in [5, 5.41) is 15.3. The van der Waals surface area contributed by atoms with Gasteiger partial charge < -0.3 is 15.7 Å². The van der Waals surface area contributed by atoms with Crippen molar-refractivity contribution in [3.63, 3.8) is 0 Å². The monoisotopic (exact) mass is 298 g/mol. The van der Waals surface area contributed by atoms with Gasteiger partial charge in [-0.15, -0.1) is 0 Å². The molecule has 0 spiro atoms. The van der Waals surface area contributed by atoms with Crippen LogP contribution in [0.5, 0.6) is 0 Å². The topological polar surface area (TPSA) is 94.6 Å². The Bertz CT molecular complexity index is 495. The first-order valence-corrected chi connectivity index (χ1v) is 7.27. The Hall–Kier alpha value is -1.51. The molecular weight excluding hydrogens is 280 g/mol. The van der Waals surface area contributed by atoms with Crippen LogP contribution in [0.15, 0.2) is 0 Å². The van der Waals surface area contributed by atoms with Crippen LogP contribution in [0.4, 0.5) is 5.00 Å². The lowest BCUT2D eigenvalue weighted by molar-refractivity contribution is -0.117. The standard InChI is InChI=1S/C12H18N4O3S/c1-8-10(12(18)19)11(20-15-8)14-9(17)7-16-5-2-3-13-4-6-16/h13H,2-7H2,1H3,(H,14,17)(H,18,19). The number of nitrogens with one attached hydrogen (secondary N) is 2. The number of aryl methyl sites for hydroxylation is 1. The largest absolute Gasteiger partial charge is 0.478 e. The third-order valence-corrected chi connectivity index (χ3v) is 3.98. The number of amides is 1. The zero-order valence-electron chi connectivity index (χ0n) is 11.3. The summed E-state index contributed by atoms with van der Waals surface area (Å²) in [6, 6.07) is 0. The Kier molecular flexibility index (Phi) is 5.05. The second-order valence-corrected chi connectivity index (χ2v) is 5.48. The highest BCUT2D eigenvalue weighted by molar-refractivity contribution is 7.11. The molecule has 0 unspecified atom stereocenters. The number of hydrogen-bond acceptors (Lipinski definition) is 6. The summed E-state index contributed by atoms with van der Waals surface area (Å²) in [6.07, 6.45) is 1.01. The van der Waals surface area contributed by atoms with E-state index in [1.54, 1.807) is 6.92 Å². The van der Waals surface area contributed by atoms with Crippen LogP contribution in [0.2, 0.25) is 0 Å². The number of hydrogen-bond donors (Lipinski definition) is 3. The summed E-state index contributed by atoms with van der Waals surface area (Å²) in [7, 11) is 0. The second kappa shape index (κ2) is 6.78. The molecule has 1 fully saturated rings. The van der Waals surface area contributed by atoms with E-state index in [1.165, 1.54) is 0 Å². The molecule has 0 aromatic carbocycles. The molecule has 20 heavy (non-hydrogen) atoms. The summed E-state index contributed by atoms with van der Waals surface area (Å²) in [5.41, 5.74) is 0.512. The number of carboxylic acids is 1. The van der Waals surface area contributed by atoms with Gasteiger partial charge in [0.2, 0.25) is 5.91 Å². The van der Waals surface area contributed by atoms with E-state index in [9.17, 15) is 9.59 Å². The first-order valence-electron chi connectivity index (χ1n) is 6.50. The summed E-state index contributed by atoms with van der Waals surface area (Å²) in [6.45, 7) is 5.42. The molecule has 2 heterocycles. The number of carbonyl (C=O) groups is 2. The molecule has 0 atom stereocenters. The number of aromatic carboxylic acids is 1. The van der Waals surface area contributed by atoms with Crippen LogP contribution in [0.1, 0.15) is 22.5 Å². The van der Waals surface area contributed by atoms with E-state index >= 15 is 0 Å². The molecule has 7 nitrogen and oxygen atoms in total. The van der Waals surface area contributed by atoms with Crippen molar-refractivity contribution in [3.8, 4) is 0 Å². The van der Waals surface area contributed by atoms with Crippen molar-refractivity contribution in [2.45, 2.75) is 13.3 Å². The van der Waals surface area contributed by atoms with Crippen molar-refractivity contribution in [2.24, 2.45) is 0 Å². The van der Waals surface area contributed by atoms with Crippen molar-refractivity contribution < 1.29 is 14.7 Å². The fourth-order valence-corrected chi connectivity index (χ4v) is 2.94. The zero-order valence-corrected chi connectivity index (χ0v) is 12.1. The van der Waals surface area contributed by atoms with Gasteiger partial charge in [0.05, 0.1) is 12.2 Å². The lowest BCUT2D eigenvalue weighted by atomic mass is 10.2. The van der Waals surface area contributed by atoms with Crippen LogP contribution in [0.3, 0.4) is 0 Å². The average Bonchev–Trinajstić information content (AvgIpc) is 2.60. The van der Waals surface area contributed by atoms with Crippen LogP contribution in [-0.2, 0) is 4.79 Å². The first-order chi connectivity index (χ1) is 9.58. The fourth-order valence-electron chi connectivity index (χ4n) is 2.14. The molecule has 0 bridgehead atoms. The predicted octanol–water partition coefficient (Wildman–Crippen LogP) is 0.384. The minimum Gasteiger partial charge on any atom is -0.478 e.